The fraction of sp³-hybridized carbons (Fsp3) is 0.346. The largest absolute Gasteiger partial charge is 0.573 e. The van der Waals surface area contributed by atoms with Gasteiger partial charge < -0.3 is 25.0 Å². The van der Waals surface area contributed by atoms with Gasteiger partial charge in [-0.15, -0.1) is 13.2 Å². The Morgan fingerprint density at radius 1 is 1.16 bits per heavy atom. The average molecular weight is 662 g/mol. The Kier molecular flexibility index (Phi) is 9.73. The summed E-state index contributed by atoms with van der Waals surface area (Å²) < 4.78 is 69.8. The van der Waals surface area contributed by atoms with Crippen molar-refractivity contribution < 1.29 is 41.0 Å². The van der Waals surface area contributed by atoms with E-state index in [1.165, 1.54) is 0 Å². The molecule has 1 amide bonds. The van der Waals surface area contributed by atoms with Crippen LogP contribution in [0.25, 0.3) is 0 Å². The molecule has 1 atom stereocenters. The Bertz CT molecular complexity index is 1570. The van der Waals surface area contributed by atoms with Gasteiger partial charge in [0.15, 0.2) is 15.2 Å². The highest BCUT2D eigenvalue weighted by molar-refractivity contribution is 7.89. The molecule has 43 heavy (non-hydrogen) atoms. The zero-order valence-electron chi connectivity index (χ0n) is 22.8. The van der Waals surface area contributed by atoms with E-state index in [1.807, 2.05) is 43.1 Å². The van der Waals surface area contributed by atoms with Crippen molar-refractivity contribution in [1.82, 2.24) is 14.6 Å². The van der Waals surface area contributed by atoms with E-state index in [9.17, 15) is 36.3 Å². The SMILES string of the molecule is CCN(C)c1ccc(CNC(=O)[C@H]2CN(c3nc(Cl)c(C(=O)O)s3)CCN2S(=O)(=O)c2ccc(OC(F)(F)F)cc2)cc1. The summed E-state index contributed by atoms with van der Waals surface area (Å²) in [6, 6.07) is 9.82. The number of halogens is 4. The summed E-state index contributed by atoms with van der Waals surface area (Å²) in [5.41, 5.74) is 1.74. The monoisotopic (exact) mass is 661 g/mol. The van der Waals surface area contributed by atoms with Gasteiger partial charge in [0.1, 0.15) is 11.8 Å². The van der Waals surface area contributed by atoms with Gasteiger partial charge in [-0.05, 0) is 48.9 Å². The van der Waals surface area contributed by atoms with Crippen molar-refractivity contribution in [3.63, 3.8) is 0 Å². The molecule has 0 saturated carbocycles. The Morgan fingerprint density at radius 2 is 1.81 bits per heavy atom. The van der Waals surface area contributed by atoms with Crippen LogP contribution >= 0.6 is 22.9 Å². The number of nitrogens with one attached hydrogen (secondary N) is 1. The van der Waals surface area contributed by atoms with Gasteiger partial charge in [0, 0.05) is 45.5 Å². The van der Waals surface area contributed by atoms with Gasteiger partial charge in [-0.3, -0.25) is 4.79 Å². The maximum absolute atomic E-state index is 13.6. The third kappa shape index (κ3) is 7.68. The zero-order chi connectivity index (χ0) is 31.5. The lowest BCUT2D eigenvalue weighted by Gasteiger charge is -2.39. The van der Waals surface area contributed by atoms with E-state index < -0.39 is 40.1 Å². The van der Waals surface area contributed by atoms with Crippen LogP contribution in [0.15, 0.2) is 53.4 Å². The molecule has 0 unspecified atom stereocenters. The smallest absolute Gasteiger partial charge is 0.477 e. The van der Waals surface area contributed by atoms with Gasteiger partial charge in [-0.1, -0.05) is 35.1 Å². The van der Waals surface area contributed by atoms with Crippen LogP contribution in [0.3, 0.4) is 0 Å². The van der Waals surface area contributed by atoms with Gasteiger partial charge in [-0.2, -0.15) is 4.31 Å². The first-order chi connectivity index (χ1) is 20.2. The maximum Gasteiger partial charge on any atom is 0.573 e. The number of anilines is 2. The van der Waals surface area contributed by atoms with Crippen LogP contribution in [0.1, 0.15) is 22.2 Å². The fourth-order valence-electron chi connectivity index (χ4n) is 4.31. The van der Waals surface area contributed by atoms with Crippen LogP contribution in [-0.2, 0) is 21.4 Å². The Morgan fingerprint density at radius 3 is 2.37 bits per heavy atom. The molecule has 0 bridgehead atoms. The zero-order valence-corrected chi connectivity index (χ0v) is 25.2. The number of piperazine rings is 1. The number of aromatic nitrogens is 1. The third-order valence-electron chi connectivity index (χ3n) is 6.66. The molecular formula is C26H27ClF3N5O6S2. The number of carboxylic acid groups (broad SMARTS) is 1. The molecule has 2 N–H and O–H groups in total. The van der Waals surface area contributed by atoms with Gasteiger partial charge in [-0.25, -0.2) is 18.2 Å². The summed E-state index contributed by atoms with van der Waals surface area (Å²) in [5.74, 6) is -2.52. The van der Waals surface area contributed by atoms with Crippen LogP contribution in [0.5, 0.6) is 5.75 Å². The van der Waals surface area contributed by atoms with Gasteiger partial charge >= 0.3 is 12.3 Å². The number of alkyl halides is 3. The molecule has 232 valence electrons. The van der Waals surface area contributed by atoms with E-state index in [0.717, 1.165) is 57.7 Å². The molecule has 0 radical (unpaired) electrons. The lowest BCUT2D eigenvalue weighted by atomic mass is 10.1. The summed E-state index contributed by atoms with van der Waals surface area (Å²) in [4.78, 5) is 32.1. The highest BCUT2D eigenvalue weighted by atomic mass is 35.5. The number of ether oxygens (including phenoxy) is 1. The first-order valence-electron chi connectivity index (χ1n) is 12.8. The number of carbonyl (C=O) groups excluding carboxylic acids is 1. The number of rotatable bonds is 10. The van der Waals surface area contributed by atoms with Crippen molar-refractivity contribution >= 4 is 55.7 Å². The average Bonchev–Trinajstić information content (AvgIpc) is 3.36. The summed E-state index contributed by atoms with van der Waals surface area (Å²) in [6.45, 7) is 2.54. The number of nitrogens with zero attached hydrogens (tertiary/aromatic N) is 4. The van der Waals surface area contributed by atoms with Crippen LogP contribution in [0.4, 0.5) is 24.0 Å². The molecule has 1 fully saturated rings. The molecule has 1 aliphatic heterocycles. The lowest BCUT2D eigenvalue weighted by molar-refractivity contribution is -0.274. The van der Waals surface area contributed by atoms with Crippen molar-refractivity contribution in [2.24, 2.45) is 0 Å². The van der Waals surface area contributed by atoms with Crippen molar-refractivity contribution in [2.45, 2.75) is 30.8 Å². The number of carboxylic acids is 1. The minimum atomic E-state index is -4.95. The van der Waals surface area contributed by atoms with Gasteiger partial charge in [0.05, 0.1) is 4.90 Å². The first-order valence-corrected chi connectivity index (χ1v) is 15.4. The topological polar surface area (TPSA) is 132 Å². The van der Waals surface area contributed by atoms with Crippen LogP contribution < -0.4 is 19.9 Å². The van der Waals surface area contributed by atoms with E-state index in [-0.39, 0.29) is 46.2 Å². The fourth-order valence-corrected chi connectivity index (χ4v) is 7.03. The Balaban J connectivity index is 1.59. The first kappa shape index (κ1) is 32.3. The maximum atomic E-state index is 13.6. The standard InChI is InChI=1S/C26H27ClF3N5O6S2/c1-3-33(2)17-6-4-16(5-7-17)14-31-23(36)20-15-34(25-32-22(27)21(42-25)24(37)38)12-13-35(20)43(39,40)19-10-8-18(9-11-19)41-26(28,29)30/h4-11,20H,3,12-15H2,1-2H3,(H,31,36)(H,37,38)/t20-/m1/s1. The van der Waals surface area contributed by atoms with E-state index >= 15 is 0 Å². The summed E-state index contributed by atoms with van der Waals surface area (Å²) in [6.07, 6.45) is -4.95. The number of benzene rings is 2. The molecule has 4 rings (SSSR count). The number of thiazole rings is 1. The highest BCUT2D eigenvalue weighted by Gasteiger charge is 2.41. The summed E-state index contributed by atoms with van der Waals surface area (Å²) >= 11 is 6.76. The number of hydrogen-bond acceptors (Lipinski definition) is 9. The molecule has 1 saturated heterocycles. The third-order valence-corrected chi connectivity index (χ3v) is 10.1. The van der Waals surface area contributed by atoms with Crippen LogP contribution in [0, 0.1) is 0 Å². The van der Waals surface area contributed by atoms with E-state index in [4.69, 9.17) is 11.6 Å². The quantitative estimate of drug-likeness (QED) is 0.330. The second-order valence-electron chi connectivity index (χ2n) is 9.42. The number of carbonyl (C=O) groups is 2. The van der Waals surface area contributed by atoms with Crippen LogP contribution in [0.2, 0.25) is 5.15 Å². The molecular weight excluding hydrogens is 635 g/mol. The van der Waals surface area contributed by atoms with E-state index in [2.05, 4.69) is 15.0 Å². The molecule has 0 spiro atoms. The molecule has 17 heteroatoms. The lowest BCUT2D eigenvalue weighted by Crippen LogP contribution is -2.60. The number of aromatic carboxylic acids is 1. The van der Waals surface area contributed by atoms with E-state index in [1.54, 1.807) is 4.90 Å². The number of amides is 1. The summed E-state index contributed by atoms with van der Waals surface area (Å²) in [7, 11) is -2.44. The van der Waals surface area contributed by atoms with E-state index in [0.29, 0.717) is 0 Å². The highest BCUT2D eigenvalue weighted by Crippen LogP contribution is 2.33. The second-order valence-corrected chi connectivity index (χ2v) is 12.6. The molecule has 1 aromatic heterocycles. The summed E-state index contributed by atoms with van der Waals surface area (Å²) in [5, 5.41) is 12.1. The number of sulfonamides is 1. The minimum Gasteiger partial charge on any atom is -0.477 e. The predicted octanol–water partition coefficient (Wildman–Crippen LogP) is 4.05. The Labute approximate surface area is 254 Å². The van der Waals surface area contributed by atoms with Gasteiger partial charge in [0.2, 0.25) is 15.9 Å². The number of hydrogen-bond donors (Lipinski definition) is 2. The predicted molar refractivity (Wildman–Crippen MR) is 154 cm³/mol. The molecule has 0 aliphatic carbocycles. The molecule has 1 aliphatic rings. The molecule has 3 aromatic rings. The van der Waals surface area contributed by atoms with Crippen molar-refractivity contribution in [1.29, 1.82) is 0 Å². The normalized spacial score (nSPS) is 16.1. The van der Waals surface area contributed by atoms with Crippen molar-refractivity contribution in [2.75, 3.05) is 43.0 Å². The van der Waals surface area contributed by atoms with Crippen molar-refractivity contribution in [3.8, 4) is 5.75 Å². The van der Waals surface area contributed by atoms with Crippen molar-refractivity contribution in [3.05, 3.63) is 64.1 Å². The minimum absolute atomic E-state index is 0.0353. The second kappa shape index (κ2) is 13.0. The molecule has 2 heterocycles. The van der Waals surface area contributed by atoms with Gasteiger partial charge in [0.25, 0.3) is 0 Å². The molecule has 11 nitrogen and oxygen atoms in total. The Hall–Kier alpha value is -3.60. The van der Waals surface area contributed by atoms with Crippen LogP contribution in [-0.4, -0.2) is 80.3 Å². The molecule has 2 aromatic carbocycles.